The van der Waals surface area contributed by atoms with Gasteiger partial charge < -0.3 is 10.1 Å². The van der Waals surface area contributed by atoms with Crippen LogP contribution in [0.4, 0.5) is 0 Å². The monoisotopic (exact) mass is 211 g/mol. The highest BCUT2D eigenvalue weighted by Crippen LogP contribution is 2.28. The molecule has 2 atom stereocenters. The average Bonchev–Trinajstić information content (AvgIpc) is 2.58. The summed E-state index contributed by atoms with van der Waals surface area (Å²) in [6.45, 7) is 4.36. The van der Waals surface area contributed by atoms with Gasteiger partial charge in [0.1, 0.15) is 0 Å². The van der Waals surface area contributed by atoms with Gasteiger partial charge in [0.25, 0.3) is 0 Å². The van der Waals surface area contributed by atoms with Crippen LogP contribution in [0, 0.1) is 5.92 Å². The molecule has 0 aromatic heterocycles. The number of nitrogens with one attached hydrogen (secondary N) is 1. The lowest BCUT2D eigenvalue weighted by Crippen LogP contribution is -2.47. The normalized spacial score (nSPS) is 35.0. The molecule has 2 fully saturated rings. The highest BCUT2D eigenvalue weighted by atomic mass is 16.5. The van der Waals surface area contributed by atoms with Crippen LogP contribution in [0.2, 0.25) is 0 Å². The van der Waals surface area contributed by atoms with E-state index in [0.29, 0.717) is 12.2 Å². The highest BCUT2D eigenvalue weighted by molar-refractivity contribution is 4.80. The summed E-state index contributed by atoms with van der Waals surface area (Å²) >= 11 is 0. The number of hydrogen-bond acceptors (Lipinski definition) is 2. The molecule has 2 nitrogen and oxygen atoms in total. The predicted molar refractivity (Wildman–Crippen MR) is 63.0 cm³/mol. The Bertz CT molecular complexity index is 175. The van der Waals surface area contributed by atoms with E-state index in [1.807, 2.05) is 0 Å². The van der Waals surface area contributed by atoms with E-state index in [2.05, 4.69) is 12.2 Å². The van der Waals surface area contributed by atoms with Gasteiger partial charge in [-0.15, -0.1) is 0 Å². The van der Waals surface area contributed by atoms with Gasteiger partial charge in [0, 0.05) is 13.1 Å². The second kappa shape index (κ2) is 5.86. The smallest absolute Gasteiger partial charge is 0.0731 e. The summed E-state index contributed by atoms with van der Waals surface area (Å²) in [4.78, 5) is 0. The first-order valence-electron chi connectivity index (χ1n) is 6.76. The molecule has 2 heteroatoms. The Kier molecular flexibility index (Phi) is 4.45. The average molecular weight is 211 g/mol. The van der Waals surface area contributed by atoms with Gasteiger partial charge in [0.05, 0.1) is 12.2 Å². The SMILES string of the molecule is CCC1CNCC(C2CCCCCC2)O1. The maximum absolute atomic E-state index is 6.17. The number of morpholine rings is 1. The third kappa shape index (κ3) is 3.18. The van der Waals surface area contributed by atoms with Gasteiger partial charge in [-0.25, -0.2) is 0 Å². The molecule has 2 aliphatic rings. The Morgan fingerprint density at radius 3 is 2.47 bits per heavy atom. The van der Waals surface area contributed by atoms with Crippen molar-refractivity contribution in [3.8, 4) is 0 Å². The van der Waals surface area contributed by atoms with Crippen molar-refractivity contribution in [2.45, 2.75) is 64.1 Å². The van der Waals surface area contributed by atoms with Crippen LogP contribution < -0.4 is 5.32 Å². The zero-order valence-electron chi connectivity index (χ0n) is 10.0. The van der Waals surface area contributed by atoms with Crippen LogP contribution >= 0.6 is 0 Å². The third-order valence-electron chi connectivity index (χ3n) is 3.97. The van der Waals surface area contributed by atoms with E-state index in [4.69, 9.17) is 4.74 Å². The van der Waals surface area contributed by atoms with Crippen molar-refractivity contribution >= 4 is 0 Å². The first kappa shape index (κ1) is 11.4. The number of ether oxygens (including phenoxy) is 1. The lowest BCUT2D eigenvalue weighted by atomic mass is 9.92. The zero-order valence-corrected chi connectivity index (χ0v) is 10.0. The van der Waals surface area contributed by atoms with E-state index in [9.17, 15) is 0 Å². The van der Waals surface area contributed by atoms with Gasteiger partial charge >= 0.3 is 0 Å². The van der Waals surface area contributed by atoms with Crippen molar-refractivity contribution < 1.29 is 4.74 Å². The molecule has 1 saturated carbocycles. The van der Waals surface area contributed by atoms with Crippen LogP contribution in [0.25, 0.3) is 0 Å². The quantitative estimate of drug-likeness (QED) is 0.709. The van der Waals surface area contributed by atoms with Gasteiger partial charge in [-0.1, -0.05) is 32.6 Å². The maximum atomic E-state index is 6.17. The molecule has 0 aromatic rings. The Balaban J connectivity index is 1.84. The summed E-state index contributed by atoms with van der Waals surface area (Å²) in [5.41, 5.74) is 0. The van der Waals surface area contributed by atoms with Gasteiger partial charge in [0.15, 0.2) is 0 Å². The van der Waals surface area contributed by atoms with Gasteiger partial charge in [-0.2, -0.15) is 0 Å². The Hall–Kier alpha value is -0.0800. The van der Waals surface area contributed by atoms with Crippen molar-refractivity contribution in [3.05, 3.63) is 0 Å². The molecule has 1 heterocycles. The molecular formula is C13H25NO. The molecule has 0 radical (unpaired) electrons. The van der Waals surface area contributed by atoms with Crippen molar-refractivity contribution in [2.75, 3.05) is 13.1 Å². The zero-order chi connectivity index (χ0) is 10.5. The molecule has 2 unspecified atom stereocenters. The van der Waals surface area contributed by atoms with Crippen LogP contribution in [-0.2, 0) is 4.74 Å². The Morgan fingerprint density at radius 1 is 1.07 bits per heavy atom. The molecule has 1 aliphatic carbocycles. The van der Waals surface area contributed by atoms with Crippen LogP contribution in [0.15, 0.2) is 0 Å². The van der Waals surface area contributed by atoms with Crippen LogP contribution in [0.5, 0.6) is 0 Å². The molecule has 1 aliphatic heterocycles. The van der Waals surface area contributed by atoms with Crippen LogP contribution in [-0.4, -0.2) is 25.3 Å². The van der Waals surface area contributed by atoms with Crippen molar-refractivity contribution in [1.29, 1.82) is 0 Å². The molecule has 88 valence electrons. The first-order chi connectivity index (χ1) is 7.40. The second-order valence-electron chi connectivity index (χ2n) is 5.11. The summed E-state index contributed by atoms with van der Waals surface area (Å²) < 4.78 is 6.17. The molecule has 0 amide bonds. The Morgan fingerprint density at radius 2 is 1.80 bits per heavy atom. The standard InChI is InChI=1S/C13H25NO/c1-2-12-9-14-10-13(15-12)11-7-5-3-4-6-8-11/h11-14H,2-10H2,1H3. The molecule has 1 N–H and O–H groups in total. The highest BCUT2D eigenvalue weighted by Gasteiger charge is 2.28. The minimum Gasteiger partial charge on any atom is -0.372 e. The third-order valence-corrected chi connectivity index (χ3v) is 3.97. The van der Waals surface area contributed by atoms with Crippen molar-refractivity contribution in [2.24, 2.45) is 5.92 Å². The summed E-state index contributed by atoms with van der Waals surface area (Å²) in [5.74, 6) is 0.828. The van der Waals surface area contributed by atoms with Gasteiger partial charge in [-0.3, -0.25) is 0 Å². The lowest BCUT2D eigenvalue weighted by Gasteiger charge is -2.35. The van der Waals surface area contributed by atoms with E-state index in [1.165, 1.54) is 38.5 Å². The first-order valence-corrected chi connectivity index (χ1v) is 6.76. The molecule has 15 heavy (non-hydrogen) atoms. The van der Waals surface area contributed by atoms with Gasteiger partial charge in [-0.05, 0) is 25.2 Å². The molecule has 0 bridgehead atoms. The van der Waals surface area contributed by atoms with E-state index >= 15 is 0 Å². The fourth-order valence-corrected chi connectivity index (χ4v) is 2.93. The predicted octanol–water partition coefficient (Wildman–Crippen LogP) is 2.72. The van der Waals surface area contributed by atoms with E-state index in [1.54, 1.807) is 0 Å². The fourth-order valence-electron chi connectivity index (χ4n) is 2.93. The minimum atomic E-state index is 0.465. The molecule has 1 saturated heterocycles. The number of rotatable bonds is 2. The van der Waals surface area contributed by atoms with Gasteiger partial charge in [0.2, 0.25) is 0 Å². The number of hydrogen-bond donors (Lipinski definition) is 1. The summed E-state index contributed by atoms with van der Waals surface area (Å²) in [6, 6.07) is 0. The largest absolute Gasteiger partial charge is 0.372 e. The van der Waals surface area contributed by atoms with E-state index in [0.717, 1.165) is 25.4 Å². The summed E-state index contributed by atoms with van der Waals surface area (Å²) in [7, 11) is 0. The summed E-state index contributed by atoms with van der Waals surface area (Å²) in [6.07, 6.45) is 10.6. The summed E-state index contributed by atoms with van der Waals surface area (Å²) in [5, 5.41) is 3.53. The van der Waals surface area contributed by atoms with Crippen LogP contribution in [0.3, 0.4) is 0 Å². The van der Waals surface area contributed by atoms with Crippen LogP contribution in [0.1, 0.15) is 51.9 Å². The topological polar surface area (TPSA) is 21.3 Å². The maximum Gasteiger partial charge on any atom is 0.0731 e. The molecule has 0 spiro atoms. The fraction of sp³-hybridized carbons (Fsp3) is 1.00. The minimum absolute atomic E-state index is 0.465. The van der Waals surface area contributed by atoms with Crippen molar-refractivity contribution in [3.63, 3.8) is 0 Å². The molecule has 2 rings (SSSR count). The van der Waals surface area contributed by atoms with E-state index in [-0.39, 0.29) is 0 Å². The van der Waals surface area contributed by atoms with E-state index < -0.39 is 0 Å². The molecular weight excluding hydrogens is 186 g/mol. The Labute approximate surface area is 93.8 Å². The van der Waals surface area contributed by atoms with Crippen molar-refractivity contribution in [1.82, 2.24) is 5.32 Å². The lowest BCUT2D eigenvalue weighted by molar-refractivity contribution is -0.0691. The molecule has 0 aromatic carbocycles. The second-order valence-corrected chi connectivity index (χ2v) is 5.11.